The van der Waals surface area contributed by atoms with E-state index in [1.54, 1.807) is 4.68 Å². The standard InChI is InChI=1S/C21H24N4O2/c1-12-16(20(26)13-6-7-13)10-17-18(22-12)9-8-15(19-11-25(2)24-23-19)21(17)27-14-4-3-5-14/h8-9,11,13-14,16H,3-7,10H2,1-2H3/t16-/m0/s1. The summed E-state index contributed by atoms with van der Waals surface area (Å²) in [7, 11) is 1.86. The molecule has 2 aliphatic carbocycles. The first-order chi connectivity index (χ1) is 13.1. The summed E-state index contributed by atoms with van der Waals surface area (Å²) < 4.78 is 8.12. The van der Waals surface area contributed by atoms with Gasteiger partial charge in [-0.1, -0.05) is 5.21 Å². The zero-order valence-corrected chi connectivity index (χ0v) is 15.8. The van der Waals surface area contributed by atoms with Gasteiger partial charge < -0.3 is 4.74 Å². The van der Waals surface area contributed by atoms with Crippen LogP contribution in [0, 0.1) is 11.8 Å². The van der Waals surface area contributed by atoms with Crippen LogP contribution in [0.4, 0.5) is 5.69 Å². The molecule has 2 aromatic rings. The number of hydrogen-bond donors (Lipinski definition) is 0. The molecule has 0 N–H and O–H groups in total. The summed E-state index contributed by atoms with van der Waals surface area (Å²) in [5.41, 5.74) is 4.65. The molecule has 1 aliphatic heterocycles. The number of fused-ring (bicyclic) bond motifs is 1. The molecule has 2 heterocycles. The summed E-state index contributed by atoms with van der Waals surface area (Å²) in [6.45, 7) is 1.98. The number of rotatable bonds is 5. The second kappa shape index (κ2) is 6.29. The molecule has 0 amide bonds. The first-order valence-corrected chi connectivity index (χ1v) is 9.88. The van der Waals surface area contributed by atoms with Crippen molar-refractivity contribution in [3.63, 3.8) is 0 Å². The Kier molecular flexibility index (Phi) is 3.88. The summed E-state index contributed by atoms with van der Waals surface area (Å²) in [5, 5.41) is 8.36. The number of Topliss-reactive ketones (excluding diaryl/α,β-unsaturated/α-hetero) is 1. The van der Waals surface area contributed by atoms with E-state index in [0.29, 0.717) is 12.2 Å². The third-order valence-corrected chi connectivity index (χ3v) is 5.98. The van der Waals surface area contributed by atoms with Gasteiger partial charge in [0.2, 0.25) is 0 Å². The van der Waals surface area contributed by atoms with Gasteiger partial charge in [0, 0.05) is 29.8 Å². The van der Waals surface area contributed by atoms with E-state index in [-0.39, 0.29) is 17.9 Å². The SMILES string of the molecule is CC1=Nc2ccc(-c3cn(C)nn3)c(OC3CCC3)c2C[C@@H]1C(=O)C1CC1. The zero-order chi connectivity index (χ0) is 18.5. The Hall–Kier alpha value is -2.50. The van der Waals surface area contributed by atoms with Gasteiger partial charge in [0.15, 0.2) is 0 Å². The molecule has 0 saturated heterocycles. The third kappa shape index (κ3) is 2.97. The van der Waals surface area contributed by atoms with Gasteiger partial charge in [0.05, 0.1) is 23.9 Å². The van der Waals surface area contributed by atoms with Crippen LogP contribution in [-0.4, -0.2) is 32.6 Å². The van der Waals surface area contributed by atoms with Crippen LogP contribution in [0.2, 0.25) is 0 Å². The molecular formula is C21H24N4O2. The van der Waals surface area contributed by atoms with Gasteiger partial charge >= 0.3 is 0 Å². The van der Waals surface area contributed by atoms with E-state index >= 15 is 0 Å². The minimum atomic E-state index is -0.120. The molecule has 2 saturated carbocycles. The maximum absolute atomic E-state index is 12.8. The fourth-order valence-corrected chi connectivity index (χ4v) is 3.96. The predicted octanol–water partition coefficient (Wildman–Crippen LogP) is 3.66. The highest BCUT2D eigenvalue weighted by atomic mass is 16.5. The molecule has 0 unspecified atom stereocenters. The van der Waals surface area contributed by atoms with Crippen LogP contribution in [0.15, 0.2) is 23.3 Å². The van der Waals surface area contributed by atoms with E-state index in [4.69, 9.17) is 9.73 Å². The van der Waals surface area contributed by atoms with Crippen LogP contribution < -0.4 is 4.74 Å². The van der Waals surface area contributed by atoms with Crippen molar-refractivity contribution in [2.45, 2.75) is 51.6 Å². The third-order valence-electron chi connectivity index (χ3n) is 5.98. The summed E-state index contributed by atoms with van der Waals surface area (Å²) in [5.74, 6) is 1.32. The lowest BCUT2D eigenvalue weighted by molar-refractivity contribution is -0.122. The molecule has 5 rings (SSSR count). The first-order valence-electron chi connectivity index (χ1n) is 9.88. The topological polar surface area (TPSA) is 69.4 Å². The molecule has 140 valence electrons. The Morgan fingerprint density at radius 1 is 1.22 bits per heavy atom. The smallest absolute Gasteiger partial charge is 0.144 e. The Morgan fingerprint density at radius 2 is 2.04 bits per heavy atom. The molecule has 3 aliphatic rings. The van der Waals surface area contributed by atoms with E-state index in [9.17, 15) is 4.79 Å². The average Bonchev–Trinajstić information content (AvgIpc) is 3.38. The fraction of sp³-hybridized carbons (Fsp3) is 0.524. The lowest BCUT2D eigenvalue weighted by Gasteiger charge is -2.31. The number of benzene rings is 1. The molecule has 0 bridgehead atoms. The van der Waals surface area contributed by atoms with Gasteiger partial charge in [-0.15, -0.1) is 5.10 Å². The molecule has 0 spiro atoms. The number of ether oxygens (including phenoxy) is 1. The van der Waals surface area contributed by atoms with Crippen LogP contribution in [0.1, 0.15) is 44.6 Å². The van der Waals surface area contributed by atoms with E-state index in [1.807, 2.05) is 32.3 Å². The van der Waals surface area contributed by atoms with Crippen molar-refractivity contribution in [1.29, 1.82) is 0 Å². The normalized spacial score (nSPS) is 22.0. The van der Waals surface area contributed by atoms with E-state index in [1.165, 1.54) is 6.42 Å². The number of hydrogen-bond acceptors (Lipinski definition) is 5. The zero-order valence-electron chi connectivity index (χ0n) is 15.8. The number of aryl methyl sites for hydroxylation is 1. The Balaban J connectivity index is 1.59. The molecule has 0 radical (unpaired) electrons. The van der Waals surface area contributed by atoms with Crippen molar-refractivity contribution in [2.24, 2.45) is 23.9 Å². The number of carbonyl (C=O) groups excluding carboxylic acids is 1. The van der Waals surface area contributed by atoms with Gasteiger partial charge in [0.25, 0.3) is 0 Å². The number of aliphatic imine (C=N–C) groups is 1. The Morgan fingerprint density at radius 3 is 2.67 bits per heavy atom. The summed E-state index contributed by atoms with van der Waals surface area (Å²) in [4.78, 5) is 17.6. The minimum Gasteiger partial charge on any atom is -0.489 e. The van der Waals surface area contributed by atoms with Gasteiger partial charge in [-0.3, -0.25) is 14.5 Å². The first kappa shape index (κ1) is 16.7. The fourth-order valence-electron chi connectivity index (χ4n) is 3.96. The van der Waals surface area contributed by atoms with Crippen LogP contribution >= 0.6 is 0 Å². The van der Waals surface area contributed by atoms with Crippen molar-refractivity contribution >= 4 is 17.2 Å². The highest BCUT2D eigenvalue weighted by molar-refractivity contribution is 6.08. The van der Waals surface area contributed by atoms with E-state index < -0.39 is 0 Å². The molecule has 6 nitrogen and oxygen atoms in total. The maximum Gasteiger partial charge on any atom is 0.144 e. The molecule has 1 atom stereocenters. The highest BCUT2D eigenvalue weighted by Crippen LogP contribution is 2.45. The monoisotopic (exact) mass is 364 g/mol. The van der Waals surface area contributed by atoms with Gasteiger partial charge in [0.1, 0.15) is 17.2 Å². The molecule has 27 heavy (non-hydrogen) atoms. The predicted molar refractivity (Wildman–Crippen MR) is 102 cm³/mol. The van der Waals surface area contributed by atoms with Gasteiger partial charge in [-0.05, 0) is 57.6 Å². The molecule has 1 aromatic carbocycles. The molecule has 6 heteroatoms. The van der Waals surface area contributed by atoms with Crippen molar-refractivity contribution in [3.05, 3.63) is 23.9 Å². The van der Waals surface area contributed by atoms with Crippen molar-refractivity contribution in [1.82, 2.24) is 15.0 Å². The average molecular weight is 364 g/mol. The number of aromatic nitrogens is 3. The van der Waals surface area contributed by atoms with E-state index in [0.717, 1.165) is 59.7 Å². The molecular weight excluding hydrogens is 340 g/mol. The summed E-state index contributed by atoms with van der Waals surface area (Å²) >= 11 is 0. The number of nitrogens with zero attached hydrogens (tertiary/aromatic N) is 4. The van der Waals surface area contributed by atoms with Crippen LogP contribution in [0.3, 0.4) is 0 Å². The van der Waals surface area contributed by atoms with Gasteiger partial charge in [-0.25, -0.2) is 0 Å². The molecule has 2 fully saturated rings. The Bertz CT molecular complexity index is 938. The van der Waals surface area contributed by atoms with Crippen molar-refractivity contribution in [2.75, 3.05) is 0 Å². The lowest BCUT2D eigenvalue weighted by atomic mass is 9.84. The summed E-state index contributed by atoms with van der Waals surface area (Å²) in [6.07, 6.45) is 8.25. The van der Waals surface area contributed by atoms with Gasteiger partial charge in [-0.2, -0.15) is 0 Å². The van der Waals surface area contributed by atoms with Crippen molar-refractivity contribution < 1.29 is 9.53 Å². The maximum atomic E-state index is 12.8. The highest BCUT2D eigenvalue weighted by Gasteiger charge is 2.39. The van der Waals surface area contributed by atoms with Crippen molar-refractivity contribution in [3.8, 4) is 17.0 Å². The molecule has 1 aromatic heterocycles. The van der Waals surface area contributed by atoms with Crippen LogP contribution in [0.5, 0.6) is 5.75 Å². The minimum absolute atomic E-state index is 0.120. The second-order valence-electron chi connectivity index (χ2n) is 8.07. The Labute approximate surface area is 158 Å². The lowest BCUT2D eigenvalue weighted by Crippen LogP contribution is -2.30. The second-order valence-corrected chi connectivity index (χ2v) is 8.07. The van der Waals surface area contributed by atoms with Crippen LogP contribution in [0.25, 0.3) is 11.3 Å². The van der Waals surface area contributed by atoms with E-state index in [2.05, 4.69) is 10.3 Å². The summed E-state index contributed by atoms with van der Waals surface area (Å²) in [6, 6.07) is 4.05. The van der Waals surface area contributed by atoms with Crippen LogP contribution in [-0.2, 0) is 18.3 Å². The number of carbonyl (C=O) groups is 1. The quantitative estimate of drug-likeness (QED) is 0.812. The largest absolute Gasteiger partial charge is 0.489 e. The number of ketones is 1.